The summed E-state index contributed by atoms with van der Waals surface area (Å²) in [5.74, 6) is -0.643. The zero-order valence-corrected chi connectivity index (χ0v) is 16.4. The van der Waals surface area contributed by atoms with Gasteiger partial charge in [-0.05, 0) is 50.1 Å². The van der Waals surface area contributed by atoms with Crippen LogP contribution in [0.25, 0.3) is 11.0 Å². The van der Waals surface area contributed by atoms with Gasteiger partial charge in [0.25, 0.3) is 5.91 Å². The maximum atomic E-state index is 13.5. The van der Waals surface area contributed by atoms with E-state index in [1.54, 1.807) is 41.3 Å². The third kappa shape index (κ3) is 3.56. The first-order valence-corrected chi connectivity index (χ1v) is 9.71. The van der Waals surface area contributed by atoms with Crippen LogP contribution < -0.4 is 5.43 Å². The molecule has 0 radical (unpaired) electrons. The van der Waals surface area contributed by atoms with E-state index in [4.69, 9.17) is 9.15 Å². The van der Waals surface area contributed by atoms with Crippen LogP contribution in [0, 0.1) is 5.82 Å². The number of carbonyl (C=O) groups is 1. The van der Waals surface area contributed by atoms with Gasteiger partial charge in [0.15, 0.2) is 5.43 Å². The molecular formula is C23H22FNO4. The van der Waals surface area contributed by atoms with Gasteiger partial charge in [-0.1, -0.05) is 24.3 Å². The van der Waals surface area contributed by atoms with Crippen molar-refractivity contribution in [2.75, 3.05) is 13.2 Å². The Balaban J connectivity index is 1.79. The summed E-state index contributed by atoms with van der Waals surface area (Å²) in [5.41, 5.74) is 1.13. The Morgan fingerprint density at radius 2 is 1.83 bits per heavy atom. The van der Waals surface area contributed by atoms with Crippen LogP contribution in [0.1, 0.15) is 48.0 Å². The highest BCUT2D eigenvalue weighted by molar-refractivity contribution is 5.99. The molecule has 0 aliphatic carbocycles. The van der Waals surface area contributed by atoms with Gasteiger partial charge in [0.1, 0.15) is 11.4 Å². The molecule has 29 heavy (non-hydrogen) atoms. The molecule has 0 saturated carbocycles. The molecule has 0 fully saturated rings. The van der Waals surface area contributed by atoms with Gasteiger partial charge in [0, 0.05) is 13.2 Å². The number of benzene rings is 2. The lowest BCUT2D eigenvalue weighted by Crippen LogP contribution is -2.31. The van der Waals surface area contributed by atoms with Gasteiger partial charge >= 0.3 is 0 Å². The summed E-state index contributed by atoms with van der Waals surface area (Å²) in [7, 11) is 0. The number of carbonyl (C=O) groups excluding carboxylic acids is 1. The second-order valence-corrected chi connectivity index (χ2v) is 7.40. The Morgan fingerprint density at radius 1 is 1.10 bits per heavy atom. The fraction of sp³-hybridized carbons (Fsp3) is 0.304. The first kappa shape index (κ1) is 19.3. The largest absolute Gasteiger partial charge is 0.450 e. The molecule has 3 aromatic rings. The van der Waals surface area contributed by atoms with E-state index in [-0.39, 0.29) is 29.0 Å². The summed E-state index contributed by atoms with van der Waals surface area (Å²) >= 11 is 0. The van der Waals surface area contributed by atoms with Crippen LogP contribution in [0.5, 0.6) is 0 Å². The van der Waals surface area contributed by atoms with Gasteiger partial charge in [-0.25, -0.2) is 4.39 Å². The van der Waals surface area contributed by atoms with Crippen LogP contribution in [0.3, 0.4) is 0 Å². The van der Waals surface area contributed by atoms with Gasteiger partial charge in [-0.3, -0.25) is 9.59 Å². The molecule has 1 atom stereocenters. The van der Waals surface area contributed by atoms with E-state index in [1.165, 1.54) is 12.1 Å². The Kier molecular flexibility index (Phi) is 5.20. The highest BCUT2D eigenvalue weighted by Crippen LogP contribution is 2.38. The molecule has 1 aromatic heterocycles. The standard InChI is InChI=1S/C23H22FNO4/c1-14(2)28-13-5-12-25-20(15-8-10-16(24)11-9-15)19-21(26)17-6-3-4-7-18(17)29-22(19)23(25)27/h3-4,6-11,14,20H,5,12-13H2,1-2H3. The van der Waals surface area contributed by atoms with Crippen molar-refractivity contribution in [3.8, 4) is 0 Å². The first-order valence-electron chi connectivity index (χ1n) is 9.71. The van der Waals surface area contributed by atoms with E-state index < -0.39 is 6.04 Å². The number of para-hydroxylation sites is 1. The van der Waals surface area contributed by atoms with Crippen molar-refractivity contribution in [2.45, 2.75) is 32.4 Å². The molecule has 1 aliphatic heterocycles. The summed E-state index contributed by atoms with van der Waals surface area (Å²) in [4.78, 5) is 28.0. The normalized spacial score (nSPS) is 16.1. The molecule has 4 rings (SSSR count). The molecule has 1 amide bonds. The second-order valence-electron chi connectivity index (χ2n) is 7.40. The number of ether oxygens (including phenoxy) is 1. The lowest BCUT2D eigenvalue weighted by Gasteiger charge is -2.25. The molecule has 2 heterocycles. The molecule has 0 bridgehead atoms. The Bertz CT molecular complexity index is 1100. The molecule has 0 N–H and O–H groups in total. The monoisotopic (exact) mass is 395 g/mol. The van der Waals surface area contributed by atoms with E-state index in [1.807, 2.05) is 13.8 Å². The minimum absolute atomic E-state index is 0.0628. The summed E-state index contributed by atoms with van der Waals surface area (Å²) in [5, 5.41) is 0.427. The summed E-state index contributed by atoms with van der Waals surface area (Å²) in [6.45, 7) is 4.80. The maximum Gasteiger partial charge on any atom is 0.290 e. The van der Waals surface area contributed by atoms with Crippen LogP contribution in [0.4, 0.5) is 4.39 Å². The summed E-state index contributed by atoms with van der Waals surface area (Å²) in [6, 6.07) is 12.2. The van der Waals surface area contributed by atoms with Crippen molar-refractivity contribution in [2.24, 2.45) is 0 Å². The van der Waals surface area contributed by atoms with Gasteiger partial charge in [-0.15, -0.1) is 0 Å². The van der Waals surface area contributed by atoms with E-state index in [0.29, 0.717) is 41.7 Å². The SMILES string of the molecule is CC(C)OCCCN1C(=O)c2oc3ccccc3c(=O)c2C1c1ccc(F)cc1. The van der Waals surface area contributed by atoms with Crippen molar-refractivity contribution in [1.29, 1.82) is 0 Å². The van der Waals surface area contributed by atoms with Crippen LogP contribution in [-0.2, 0) is 4.74 Å². The fourth-order valence-corrected chi connectivity index (χ4v) is 3.74. The number of hydrogen-bond acceptors (Lipinski definition) is 4. The van der Waals surface area contributed by atoms with Crippen LogP contribution >= 0.6 is 0 Å². The molecule has 0 saturated heterocycles. The number of fused-ring (bicyclic) bond motifs is 2. The Morgan fingerprint density at radius 3 is 2.55 bits per heavy atom. The van der Waals surface area contributed by atoms with Crippen molar-refractivity contribution in [1.82, 2.24) is 4.90 Å². The van der Waals surface area contributed by atoms with Crippen molar-refractivity contribution in [3.05, 3.63) is 81.5 Å². The maximum absolute atomic E-state index is 13.5. The minimum Gasteiger partial charge on any atom is -0.450 e. The van der Waals surface area contributed by atoms with Crippen molar-refractivity contribution >= 4 is 16.9 Å². The highest BCUT2D eigenvalue weighted by atomic mass is 19.1. The summed E-state index contributed by atoms with van der Waals surface area (Å²) < 4.78 is 24.9. The zero-order valence-electron chi connectivity index (χ0n) is 16.4. The van der Waals surface area contributed by atoms with Crippen LogP contribution in [-0.4, -0.2) is 30.1 Å². The van der Waals surface area contributed by atoms with Gasteiger partial charge < -0.3 is 14.1 Å². The van der Waals surface area contributed by atoms with Crippen molar-refractivity contribution < 1.29 is 18.3 Å². The molecular weight excluding hydrogens is 373 g/mol. The Hall–Kier alpha value is -2.99. The summed E-state index contributed by atoms with van der Waals surface area (Å²) in [6.07, 6.45) is 0.714. The number of rotatable bonds is 6. The van der Waals surface area contributed by atoms with Crippen LogP contribution in [0.15, 0.2) is 57.7 Å². The average Bonchev–Trinajstić information content (AvgIpc) is 2.98. The molecule has 1 unspecified atom stereocenters. The third-order valence-corrected chi connectivity index (χ3v) is 5.05. The predicted octanol–water partition coefficient (Wildman–Crippen LogP) is 4.29. The molecule has 1 aliphatic rings. The highest BCUT2D eigenvalue weighted by Gasteiger charge is 2.42. The van der Waals surface area contributed by atoms with Crippen molar-refractivity contribution in [3.63, 3.8) is 0 Å². The van der Waals surface area contributed by atoms with E-state index in [9.17, 15) is 14.0 Å². The molecule has 150 valence electrons. The Labute approximate surface area is 167 Å². The minimum atomic E-state index is -0.613. The quantitative estimate of drug-likeness (QED) is 0.584. The van der Waals surface area contributed by atoms with Gasteiger partial charge in [-0.2, -0.15) is 0 Å². The number of amides is 1. The fourth-order valence-electron chi connectivity index (χ4n) is 3.74. The van der Waals surface area contributed by atoms with Gasteiger partial charge in [0.05, 0.1) is 23.1 Å². The topological polar surface area (TPSA) is 59.8 Å². The molecule has 2 aromatic carbocycles. The van der Waals surface area contributed by atoms with E-state index in [2.05, 4.69) is 0 Å². The lowest BCUT2D eigenvalue weighted by atomic mass is 9.98. The molecule has 6 heteroatoms. The lowest BCUT2D eigenvalue weighted by molar-refractivity contribution is 0.0593. The molecule has 5 nitrogen and oxygen atoms in total. The zero-order chi connectivity index (χ0) is 20.5. The third-order valence-electron chi connectivity index (χ3n) is 5.05. The number of halogens is 1. The number of hydrogen-bond donors (Lipinski definition) is 0. The smallest absolute Gasteiger partial charge is 0.290 e. The van der Waals surface area contributed by atoms with E-state index >= 15 is 0 Å². The first-order chi connectivity index (χ1) is 14.0. The van der Waals surface area contributed by atoms with Crippen LogP contribution in [0.2, 0.25) is 0 Å². The van der Waals surface area contributed by atoms with E-state index in [0.717, 1.165) is 0 Å². The number of nitrogens with zero attached hydrogens (tertiary/aromatic N) is 1. The van der Waals surface area contributed by atoms with Gasteiger partial charge in [0.2, 0.25) is 5.76 Å². The predicted molar refractivity (Wildman–Crippen MR) is 107 cm³/mol. The molecule has 0 spiro atoms. The average molecular weight is 395 g/mol. The second kappa shape index (κ2) is 7.79.